The van der Waals surface area contributed by atoms with E-state index in [1.807, 2.05) is 37.7 Å². The second-order valence-electron chi connectivity index (χ2n) is 12.6. The van der Waals surface area contributed by atoms with E-state index in [9.17, 15) is 52.3 Å². The number of nitrogens with two attached hydrogens (primary N) is 1. The van der Waals surface area contributed by atoms with E-state index in [0.29, 0.717) is 23.3 Å². The summed E-state index contributed by atoms with van der Waals surface area (Å²) in [7, 11) is -3.25. The number of carbonyl (C=O) groups excluding carboxylic acids is 2. The van der Waals surface area contributed by atoms with Crippen LogP contribution in [0, 0.1) is 23.3 Å². The normalized spacial score (nSPS) is 16.5. The van der Waals surface area contributed by atoms with Crippen molar-refractivity contribution < 1.29 is 66.4 Å². The molecular weight excluding hydrogens is 837 g/mol. The van der Waals surface area contributed by atoms with Crippen LogP contribution < -0.4 is 5.73 Å². The number of nitrogens with zero attached hydrogens (tertiary/aromatic N) is 4. The molecule has 3 fully saturated rings. The fraction of sp³-hybridized carbons (Fsp3) is 0.417. The van der Waals surface area contributed by atoms with Gasteiger partial charge in [0.2, 0.25) is 0 Å². The van der Waals surface area contributed by atoms with Crippen molar-refractivity contribution in [3.05, 3.63) is 89.4 Å². The number of nitrogens with one attached hydrogen (secondary N) is 1. The van der Waals surface area contributed by atoms with Gasteiger partial charge in [0.05, 0.1) is 25.3 Å². The first-order valence-electron chi connectivity index (χ1n) is 17.3. The number of esters is 2. The molecule has 1 aromatic heterocycles. The number of carbonyl (C=O) groups is 2. The Morgan fingerprint density at radius 3 is 1.64 bits per heavy atom. The third kappa shape index (κ3) is 24.5. The van der Waals surface area contributed by atoms with Crippen LogP contribution in [0.25, 0.3) is 16.7 Å². The number of piperazine rings is 3. The van der Waals surface area contributed by atoms with Crippen molar-refractivity contribution in [2.45, 2.75) is 13.8 Å². The Bertz CT molecular complexity index is 1780. The Hall–Kier alpha value is -4.23. The van der Waals surface area contributed by atoms with Crippen molar-refractivity contribution in [2.75, 3.05) is 87.2 Å². The summed E-state index contributed by atoms with van der Waals surface area (Å²) in [6.07, 6.45) is 5.05. The molecule has 0 spiro atoms. The molecule has 2 bridgehead atoms. The van der Waals surface area contributed by atoms with Crippen molar-refractivity contribution in [1.82, 2.24) is 19.7 Å². The molecule has 0 radical (unpaired) electrons. The van der Waals surface area contributed by atoms with Crippen LogP contribution in [0.15, 0.2) is 54.9 Å². The minimum absolute atomic E-state index is 0. The van der Waals surface area contributed by atoms with Gasteiger partial charge in [-0.1, -0.05) is 0 Å². The van der Waals surface area contributed by atoms with Gasteiger partial charge in [-0.3, -0.25) is 14.6 Å². The quantitative estimate of drug-likeness (QED) is 0.0766. The fourth-order valence-electron chi connectivity index (χ4n) is 4.79. The van der Waals surface area contributed by atoms with Crippen molar-refractivity contribution >= 4 is 43.9 Å². The molecule has 10 nitrogen and oxygen atoms in total. The predicted molar refractivity (Wildman–Crippen MR) is 208 cm³/mol. The number of aromatic amines is 1. The number of benzene rings is 2. The molecule has 0 aliphatic carbocycles. The maximum absolute atomic E-state index is 13.7. The van der Waals surface area contributed by atoms with Gasteiger partial charge in [-0.2, -0.15) is 0 Å². The SMILES string of the molecule is C1CN2CCN1CC2.CCOC(=O)CN.CCOC(=O)c1cc(-c2ccc(F)cc2F)c[nH]1.CN(C)/C=C(/C=[N+](C)C)c1ccc(F)cc1F.Cl.F[P-](F)(F)(F)(F)F. The standard InChI is InChI=1S/C13H17F2N2.C13H11F2NO2.C6H12N2.C4H9NO2.ClH.F6P/c1-16(2)8-10(9-17(3)4)12-6-5-11(14)7-13(12)15;1-2-18-13(17)12-5-8(7-16-12)10-4-3-9(14)6-11(10)15;1-2-8-5-3-7(1)4-6-8;1-2-7-4(6)3-5;;1-7(2,3,4,5)6/h5-9H,1-4H3;3-7,16H,2H2,1H3;1-6H2;2-3,5H2,1H3;1H;/q+1;;;;;-1. The Labute approximate surface area is 336 Å². The van der Waals surface area contributed by atoms with Crippen LogP contribution in [-0.2, 0) is 14.3 Å². The average molecular weight is 887 g/mol. The maximum atomic E-state index is 13.7. The first-order valence-corrected chi connectivity index (χ1v) is 19.3. The molecule has 0 atom stereocenters. The summed E-state index contributed by atoms with van der Waals surface area (Å²) >= 11 is 0. The van der Waals surface area contributed by atoms with E-state index >= 15 is 0 Å². The molecule has 330 valence electrons. The number of allylic oxidation sites excluding steroid dienone is 1. The van der Waals surface area contributed by atoms with Gasteiger partial charge >= 0.3 is 44.9 Å². The molecule has 4 heterocycles. The summed E-state index contributed by atoms with van der Waals surface area (Å²) in [4.78, 5) is 31.1. The Morgan fingerprint density at radius 2 is 1.28 bits per heavy atom. The van der Waals surface area contributed by atoms with E-state index in [4.69, 9.17) is 10.5 Å². The third-order valence-electron chi connectivity index (χ3n) is 7.13. The molecule has 3 N–H and O–H groups in total. The second-order valence-corrected chi connectivity index (χ2v) is 14.5. The van der Waals surface area contributed by atoms with Gasteiger partial charge in [0.15, 0.2) is 6.21 Å². The van der Waals surface area contributed by atoms with Gasteiger partial charge in [-0.25, -0.2) is 26.9 Å². The monoisotopic (exact) mass is 886 g/mol. The second kappa shape index (κ2) is 23.4. The summed E-state index contributed by atoms with van der Waals surface area (Å²) in [5.74, 6) is -3.30. The predicted octanol–water partition coefficient (Wildman–Crippen LogP) is 8.28. The number of rotatable bonds is 8. The molecule has 6 rings (SSSR count). The molecule has 22 heteroatoms. The summed E-state index contributed by atoms with van der Waals surface area (Å²) in [5, 5.41) is 0. The summed E-state index contributed by atoms with van der Waals surface area (Å²) < 4.78 is 123. The van der Waals surface area contributed by atoms with Crippen molar-refractivity contribution in [2.24, 2.45) is 5.73 Å². The number of H-pyrrole nitrogens is 1. The summed E-state index contributed by atoms with van der Waals surface area (Å²) in [5.41, 5.74) is 6.88. The van der Waals surface area contributed by atoms with E-state index < -0.39 is 37.0 Å². The Balaban J connectivity index is 0.000000744. The molecule has 3 saturated heterocycles. The molecule has 3 aliphatic heterocycles. The van der Waals surface area contributed by atoms with Gasteiger partial charge < -0.3 is 25.1 Å². The zero-order chi connectivity index (χ0) is 43.6. The first-order chi connectivity index (χ1) is 26.2. The van der Waals surface area contributed by atoms with Gasteiger partial charge in [-0.15, -0.1) is 12.4 Å². The zero-order valence-electron chi connectivity index (χ0n) is 32.8. The molecule has 58 heavy (non-hydrogen) atoms. The van der Waals surface area contributed by atoms with Crippen molar-refractivity contribution in [3.8, 4) is 11.1 Å². The van der Waals surface area contributed by atoms with Gasteiger partial charge in [0.25, 0.3) is 0 Å². The van der Waals surface area contributed by atoms with Crippen LogP contribution in [0.2, 0.25) is 0 Å². The van der Waals surface area contributed by atoms with E-state index in [-0.39, 0.29) is 42.8 Å². The molecule has 2 aromatic carbocycles. The number of hydrogen-bond acceptors (Lipinski definition) is 8. The van der Waals surface area contributed by atoms with Gasteiger partial charge in [0.1, 0.15) is 43.1 Å². The van der Waals surface area contributed by atoms with Crippen LogP contribution in [0.3, 0.4) is 0 Å². The van der Waals surface area contributed by atoms with E-state index in [1.54, 1.807) is 26.3 Å². The van der Waals surface area contributed by atoms with Crippen LogP contribution in [0.5, 0.6) is 0 Å². The van der Waals surface area contributed by atoms with Crippen LogP contribution in [0.4, 0.5) is 42.7 Å². The van der Waals surface area contributed by atoms with Crippen LogP contribution in [-0.4, -0.2) is 130 Å². The average Bonchev–Trinajstić information content (AvgIpc) is 3.59. The summed E-state index contributed by atoms with van der Waals surface area (Å²) in [6.45, 7) is 12.0. The summed E-state index contributed by atoms with van der Waals surface area (Å²) in [6, 6.07) is 8.34. The third-order valence-corrected chi connectivity index (χ3v) is 7.13. The number of aromatic nitrogens is 1. The van der Waals surface area contributed by atoms with Gasteiger partial charge in [0, 0.05) is 94.6 Å². The molecule has 0 saturated carbocycles. The van der Waals surface area contributed by atoms with E-state index in [2.05, 4.69) is 19.5 Å². The first kappa shape index (κ1) is 53.8. The van der Waals surface area contributed by atoms with E-state index in [1.165, 1.54) is 69.7 Å². The molecule has 3 aliphatic rings. The minimum atomic E-state index is -10.7. The topological polar surface area (TPSA) is 107 Å². The Morgan fingerprint density at radius 1 is 0.810 bits per heavy atom. The number of ether oxygens (including phenoxy) is 2. The van der Waals surface area contributed by atoms with Gasteiger partial charge in [-0.05, 0) is 44.2 Å². The number of halogens is 11. The number of hydrogen-bond donors (Lipinski definition) is 2. The fourth-order valence-corrected chi connectivity index (χ4v) is 4.79. The molecule has 0 amide bonds. The van der Waals surface area contributed by atoms with Crippen LogP contribution in [0.1, 0.15) is 29.9 Å². The zero-order valence-corrected chi connectivity index (χ0v) is 34.5. The molecule has 3 aromatic rings. The van der Waals surface area contributed by atoms with Crippen LogP contribution >= 0.6 is 20.2 Å². The van der Waals surface area contributed by atoms with E-state index in [0.717, 1.165) is 18.2 Å². The van der Waals surface area contributed by atoms with Crippen molar-refractivity contribution in [1.29, 1.82) is 0 Å². The van der Waals surface area contributed by atoms with Crippen molar-refractivity contribution in [3.63, 3.8) is 0 Å². The Kier molecular flexibility index (Phi) is 21.7. The molecular formula is C36H50ClF10N6O4P. The number of fused-ring (bicyclic) bond motifs is 3. The molecule has 0 unspecified atom stereocenters.